The summed E-state index contributed by atoms with van der Waals surface area (Å²) in [7, 11) is 1.62. The molecule has 1 aromatic carbocycles. The number of benzene rings is 1. The van der Waals surface area contributed by atoms with Crippen LogP contribution in [0, 0.1) is 13.8 Å². The molecule has 130 valence electrons. The molecule has 1 N–H and O–H groups in total. The molecule has 0 aliphatic heterocycles. The van der Waals surface area contributed by atoms with E-state index in [2.05, 4.69) is 15.4 Å². The number of methoxy groups -OCH3 is 1. The lowest BCUT2D eigenvalue weighted by Crippen LogP contribution is -2.23. The normalized spacial score (nSPS) is 10.9. The van der Waals surface area contributed by atoms with Gasteiger partial charge in [0.1, 0.15) is 5.75 Å². The molecule has 3 rings (SSSR count). The van der Waals surface area contributed by atoms with E-state index in [1.807, 2.05) is 55.8 Å². The van der Waals surface area contributed by atoms with Crippen molar-refractivity contribution in [2.24, 2.45) is 0 Å². The monoisotopic (exact) mass is 338 g/mol. The molecule has 1 amide bonds. The topological polar surface area (TPSA) is 69.0 Å². The standard InChI is InChI=1S/C19H22N4O2/c1-5-23-18-17(13(3)22-23)15(10-12(2)21-18)19(24)20-11-14-8-6-7-9-16(14)25-4/h6-10H,5,11H2,1-4H3,(H,20,24). The van der Waals surface area contributed by atoms with E-state index in [-0.39, 0.29) is 5.91 Å². The number of nitrogens with zero attached hydrogens (tertiary/aromatic N) is 3. The summed E-state index contributed by atoms with van der Waals surface area (Å²) in [5.74, 6) is 0.619. The van der Waals surface area contributed by atoms with Crippen LogP contribution in [0.5, 0.6) is 5.75 Å². The highest BCUT2D eigenvalue weighted by atomic mass is 16.5. The van der Waals surface area contributed by atoms with Crippen molar-refractivity contribution in [2.45, 2.75) is 33.9 Å². The molecular formula is C19H22N4O2. The van der Waals surface area contributed by atoms with E-state index in [0.29, 0.717) is 18.7 Å². The summed E-state index contributed by atoms with van der Waals surface area (Å²) in [5, 5.41) is 8.28. The van der Waals surface area contributed by atoms with E-state index in [1.165, 1.54) is 0 Å². The van der Waals surface area contributed by atoms with Gasteiger partial charge in [0.25, 0.3) is 5.91 Å². The van der Waals surface area contributed by atoms with Gasteiger partial charge >= 0.3 is 0 Å². The SMILES string of the molecule is CCn1nc(C)c2c(C(=O)NCc3ccccc3OC)cc(C)nc21. The minimum atomic E-state index is -0.139. The molecule has 6 nitrogen and oxygen atoms in total. The summed E-state index contributed by atoms with van der Waals surface area (Å²) in [4.78, 5) is 17.4. The molecule has 0 atom stereocenters. The Bertz CT molecular complexity index is 931. The second-order valence-electron chi connectivity index (χ2n) is 5.91. The molecule has 0 aliphatic rings. The van der Waals surface area contributed by atoms with Gasteiger partial charge in [0.05, 0.1) is 23.8 Å². The smallest absolute Gasteiger partial charge is 0.252 e. The molecule has 0 saturated heterocycles. The van der Waals surface area contributed by atoms with Crippen LogP contribution in [0.4, 0.5) is 0 Å². The highest BCUT2D eigenvalue weighted by Gasteiger charge is 2.18. The van der Waals surface area contributed by atoms with Crippen LogP contribution in [-0.2, 0) is 13.1 Å². The molecule has 3 aromatic rings. The van der Waals surface area contributed by atoms with E-state index >= 15 is 0 Å². The van der Waals surface area contributed by atoms with Crippen molar-refractivity contribution in [3.63, 3.8) is 0 Å². The maximum Gasteiger partial charge on any atom is 0.252 e. The van der Waals surface area contributed by atoms with Gasteiger partial charge in [-0.3, -0.25) is 4.79 Å². The number of ether oxygens (including phenoxy) is 1. The molecule has 6 heteroatoms. The fourth-order valence-electron chi connectivity index (χ4n) is 3.00. The Balaban J connectivity index is 1.93. The number of aromatic nitrogens is 3. The first-order valence-electron chi connectivity index (χ1n) is 8.30. The first kappa shape index (κ1) is 17.0. The summed E-state index contributed by atoms with van der Waals surface area (Å²) >= 11 is 0. The quantitative estimate of drug-likeness (QED) is 0.776. The van der Waals surface area contributed by atoms with Gasteiger partial charge in [0, 0.05) is 24.3 Å². The Kier molecular flexibility index (Phi) is 4.70. The Labute approximate surface area is 146 Å². The van der Waals surface area contributed by atoms with E-state index in [9.17, 15) is 4.79 Å². The summed E-state index contributed by atoms with van der Waals surface area (Å²) in [6.07, 6.45) is 0. The number of nitrogens with one attached hydrogen (secondary N) is 1. The molecule has 0 saturated carbocycles. The van der Waals surface area contributed by atoms with Gasteiger partial charge in [-0.25, -0.2) is 9.67 Å². The van der Waals surface area contributed by atoms with Gasteiger partial charge < -0.3 is 10.1 Å². The zero-order valence-corrected chi connectivity index (χ0v) is 15.0. The van der Waals surface area contributed by atoms with Crippen LogP contribution in [0.25, 0.3) is 11.0 Å². The zero-order chi connectivity index (χ0) is 18.0. The lowest BCUT2D eigenvalue weighted by molar-refractivity contribution is 0.0952. The van der Waals surface area contributed by atoms with Gasteiger partial charge in [-0.2, -0.15) is 5.10 Å². The first-order valence-corrected chi connectivity index (χ1v) is 8.30. The summed E-state index contributed by atoms with van der Waals surface area (Å²) in [6.45, 7) is 6.91. The number of carbonyl (C=O) groups is 1. The third-order valence-electron chi connectivity index (χ3n) is 4.18. The average molecular weight is 338 g/mol. The molecule has 0 unspecified atom stereocenters. The molecule has 0 aliphatic carbocycles. The fourth-order valence-corrected chi connectivity index (χ4v) is 3.00. The van der Waals surface area contributed by atoms with Crippen LogP contribution >= 0.6 is 0 Å². The average Bonchev–Trinajstić information content (AvgIpc) is 2.94. The van der Waals surface area contributed by atoms with Gasteiger partial charge in [0.2, 0.25) is 0 Å². The predicted octanol–water partition coefficient (Wildman–Crippen LogP) is 3.01. The Hall–Kier alpha value is -2.89. The fraction of sp³-hybridized carbons (Fsp3) is 0.316. The van der Waals surface area contributed by atoms with Gasteiger partial charge in [-0.05, 0) is 32.9 Å². The van der Waals surface area contributed by atoms with Crippen molar-refractivity contribution < 1.29 is 9.53 Å². The zero-order valence-electron chi connectivity index (χ0n) is 15.0. The maximum atomic E-state index is 12.8. The second kappa shape index (κ2) is 6.93. The van der Waals surface area contributed by atoms with Gasteiger partial charge in [0.15, 0.2) is 5.65 Å². The Morgan fingerprint density at radius 1 is 1.28 bits per heavy atom. The minimum absolute atomic E-state index is 0.139. The van der Waals surface area contributed by atoms with Crippen LogP contribution in [0.3, 0.4) is 0 Å². The maximum absolute atomic E-state index is 12.8. The van der Waals surface area contributed by atoms with E-state index < -0.39 is 0 Å². The van der Waals surface area contributed by atoms with Crippen molar-refractivity contribution in [3.8, 4) is 5.75 Å². The van der Waals surface area contributed by atoms with Crippen molar-refractivity contribution in [1.82, 2.24) is 20.1 Å². The minimum Gasteiger partial charge on any atom is -0.496 e. The van der Waals surface area contributed by atoms with Crippen molar-refractivity contribution in [2.75, 3.05) is 7.11 Å². The molecule has 0 spiro atoms. The molecule has 2 heterocycles. The van der Waals surface area contributed by atoms with E-state index in [0.717, 1.165) is 33.7 Å². The number of pyridine rings is 1. The van der Waals surface area contributed by atoms with Crippen molar-refractivity contribution in [1.29, 1.82) is 0 Å². The van der Waals surface area contributed by atoms with Crippen LogP contribution in [0.1, 0.15) is 34.2 Å². The highest BCUT2D eigenvalue weighted by Crippen LogP contribution is 2.23. The largest absolute Gasteiger partial charge is 0.496 e. The molecule has 0 bridgehead atoms. The lowest BCUT2D eigenvalue weighted by atomic mass is 10.1. The van der Waals surface area contributed by atoms with Crippen molar-refractivity contribution >= 4 is 16.9 Å². The van der Waals surface area contributed by atoms with Crippen molar-refractivity contribution in [3.05, 3.63) is 52.8 Å². The number of rotatable bonds is 5. The van der Waals surface area contributed by atoms with Crippen LogP contribution < -0.4 is 10.1 Å². The molecule has 0 radical (unpaired) electrons. The van der Waals surface area contributed by atoms with Gasteiger partial charge in [-0.1, -0.05) is 18.2 Å². The number of carbonyl (C=O) groups excluding carboxylic acids is 1. The third-order valence-corrected chi connectivity index (χ3v) is 4.18. The summed E-state index contributed by atoms with van der Waals surface area (Å²) in [6, 6.07) is 9.46. The molecular weight excluding hydrogens is 316 g/mol. The summed E-state index contributed by atoms with van der Waals surface area (Å²) in [5.41, 5.74) is 3.90. The number of fused-ring (bicyclic) bond motifs is 1. The van der Waals surface area contributed by atoms with Crippen LogP contribution in [0.2, 0.25) is 0 Å². The predicted molar refractivity (Wildman–Crippen MR) is 96.8 cm³/mol. The van der Waals surface area contributed by atoms with E-state index in [1.54, 1.807) is 7.11 Å². The number of amides is 1. The summed E-state index contributed by atoms with van der Waals surface area (Å²) < 4.78 is 7.16. The Morgan fingerprint density at radius 3 is 2.76 bits per heavy atom. The van der Waals surface area contributed by atoms with E-state index in [4.69, 9.17) is 4.74 Å². The first-order chi connectivity index (χ1) is 12.0. The molecule has 25 heavy (non-hydrogen) atoms. The second-order valence-corrected chi connectivity index (χ2v) is 5.91. The van der Waals surface area contributed by atoms with Gasteiger partial charge in [-0.15, -0.1) is 0 Å². The van der Waals surface area contributed by atoms with Crippen LogP contribution in [-0.4, -0.2) is 27.8 Å². The molecule has 0 fully saturated rings. The molecule has 2 aromatic heterocycles. The lowest BCUT2D eigenvalue weighted by Gasteiger charge is -2.11. The highest BCUT2D eigenvalue weighted by molar-refractivity contribution is 6.06. The number of hydrogen-bond acceptors (Lipinski definition) is 4. The number of aryl methyl sites for hydroxylation is 3. The van der Waals surface area contributed by atoms with Crippen LogP contribution in [0.15, 0.2) is 30.3 Å². The Morgan fingerprint density at radius 2 is 2.04 bits per heavy atom. The third kappa shape index (κ3) is 3.20. The number of hydrogen-bond donors (Lipinski definition) is 1. The number of para-hydroxylation sites is 1.